The molecule has 0 bridgehead atoms. The van der Waals surface area contributed by atoms with Gasteiger partial charge in [-0.3, -0.25) is 4.79 Å². The topological polar surface area (TPSA) is 50.4 Å². The summed E-state index contributed by atoms with van der Waals surface area (Å²) >= 11 is 0. The molecule has 20 heavy (non-hydrogen) atoms. The highest BCUT2D eigenvalue weighted by Gasteiger charge is 2.09. The van der Waals surface area contributed by atoms with E-state index in [2.05, 4.69) is 17.6 Å². The van der Waals surface area contributed by atoms with Crippen LogP contribution in [0.3, 0.4) is 0 Å². The van der Waals surface area contributed by atoms with Crippen LogP contribution in [0.2, 0.25) is 0 Å². The van der Waals surface area contributed by atoms with Gasteiger partial charge in [0.2, 0.25) is 0 Å². The van der Waals surface area contributed by atoms with Crippen LogP contribution < -0.4 is 10.6 Å². The molecule has 0 saturated carbocycles. The maximum Gasteiger partial charge on any atom is 0.251 e. The summed E-state index contributed by atoms with van der Waals surface area (Å²) in [6, 6.07) is 7.77. The van der Waals surface area contributed by atoms with Gasteiger partial charge in [-0.05, 0) is 44.5 Å². The second-order valence-electron chi connectivity index (χ2n) is 4.73. The van der Waals surface area contributed by atoms with E-state index in [4.69, 9.17) is 4.74 Å². The molecule has 0 spiro atoms. The van der Waals surface area contributed by atoms with Gasteiger partial charge in [0, 0.05) is 25.3 Å². The van der Waals surface area contributed by atoms with Crippen LogP contribution in [0.25, 0.3) is 0 Å². The van der Waals surface area contributed by atoms with E-state index in [1.54, 1.807) is 0 Å². The zero-order valence-corrected chi connectivity index (χ0v) is 12.6. The van der Waals surface area contributed by atoms with E-state index >= 15 is 0 Å². The van der Waals surface area contributed by atoms with E-state index < -0.39 is 0 Å². The van der Waals surface area contributed by atoms with Gasteiger partial charge in [-0.25, -0.2) is 0 Å². The smallest absolute Gasteiger partial charge is 0.251 e. The average Bonchev–Trinajstić information content (AvgIpc) is 2.48. The maximum absolute atomic E-state index is 12.1. The van der Waals surface area contributed by atoms with Crippen LogP contribution in [0.4, 0.5) is 0 Å². The fourth-order valence-corrected chi connectivity index (χ4v) is 1.94. The van der Waals surface area contributed by atoms with Crippen LogP contribution in [0, 0.1) is 0 Å². The molecule has 4 heteroatoms. The van der Waals surface area contributed by atoms with E-state index in [1.807, 2.05) is 31.3 Å². The maximum atomic E-state index is 12.1. The first-order chi connectivity index (χ1) is 9.79. The summed E-state index contributed by atoms with van der Waals surface area (Å²) in [4.78, 5) is 12.1. The first-order valence-electron chi connectivity index (χ1n) is 7.38. The Balaban J connectivity index is 2.38. The molecule has 1 amide bonds. The summed E-state index contributed by atoms with van der Waals surface area (Å²) in [5, 5.41) is 6.06. The number of rotatable bonds is 10. The number of ether oxygens (including phenoxy) is 1. The van der Waals surface area contributed by atoms with Crippen LogP contribution >= 0.6 is 0 Å². The molecule has 0 unspecified atom stereocenters. The van der Waals surface area contributed by atoms with E-state index in [-0.39, 0.29) is 5.91 Å². The number of benzene rings is 1. The molecule has 4 nitrogen and oxygen atoms in total. The molecule has 2 N–H and O–H groups in total. The lowest BCUT2D eigenvalue weighted by molar-refractivity contribution is 0.0940. The van der Waals surface area contributed by atoms with E-state index in [9.17, 15) is 4.79 Å². The predicted molar refractivity (Wildman–Crippen MR) is 82.1 cm³/mol. The minimum Gasteiger partial charge on any atom is -0.381 e. The normalized spacial score (nSPS) is 10.5. The molecule has 1 aromatic rings. The minimum atomic E-state index is 0.00666. The molecule has 0 saturated heterocycles. The Bertz CT molecular complexity index is 394. The van der Waals surface area contributed by atoms with Gasteiger partial charge < -0.3 is 15.4 Å². The van der Waals surface area contributed by atoms with Crippen molar-refractivity contribution >= 4 is 5.91 Å². The third-order valence-corrected chi connectivity index (χ3v) is 3.01. The Morgan fingerprint density at radius 3 is 2.75 bits per heavy atom. The highest BCUT2D eigenvalue weighted by atomic mass is 16.5. The molecule has 0 aromatic heterocycles. The standard InChI is InChI=1S/C16H26N2O2/c1-3-12-20-13-6-10-18-16(19)15-8-5-4-7-14(15)9-11-17-2/h4-5,7-8,17H,3,6,9-13H2,1-2H3,(H,18,19). The summed E-state index contributed by atoms with van der Waals surface area (Å²) < 4.78 is 5.39. The van der Waals surface area contributed by atoms with Crippen molar-refractivity contribution < 1.29 is 9.53 Å². The Morgan fingerprint density at radius 1 is 1.20 bits per heavy atom. The van der Waals surface area contributed by atoms with Crippen molar-refractivity contribution in [2.24, 2.45) is 0 Å². The lowest BCUT2D eigenvalue weighted by Gasteiger charge is -2.10. The van der Waals surface area contributed by atoms with Crippen molar-refractivity contribution in [1.29, 1.82) is 0 Å². The van der Waals surface area contributed by atoms with Crippen molar-refractivity contribution in [2.45, 2.75) is 26.2 Å². The van der Waals surface area contributed by atoms with E-state index in [1.165, 1.54) is 0 Å². The number of hydrogen-bond acceptors (Lipinski definition) is 3. The van der Waals surface area contributed by atoms with Crippen molar-refractivity contribution in [3.63, 3.8) is 0 Å². The molecule has 0 heterocycles. The van der Waals surface area contributed by atoms with Gasteiger partial charge in [0.1, 0.15) is 0 Å². The lowest BCUT2D eigenvalue weighted by atomic mass is 10.0. The van der Waals surface area contributed by atoms with Crippen LogP contribution in [0.15, 0.2) is 24.3 Å². The summed E-state index contributed by atoms with van der Waals surface area (Å²) in [6.07, 6.45) is 2.75. The Hall–Kier alpha value is -1.39. The van der Waals surface area contributed by atoms with Gasteiger partial charge in [-0.15, -0.1) is 0 Å². The van der Waals surface area contributed by atoms with Crippen molar-refractivity contribution in [3.05, 3.63) is 35.4 Å². The quantitative estimate of drug-likeness (QED) is 0.644. The van der Waals surface area contributed by atoms with Crippen molar-refractivity contribution in [1.82, 2.24) is 10.6 Å². The second-order valence-corrected chi connectivity index (χ2v) is 4.73. The van der Waals surface area contributed by atoms with Gasteiger partial charge in [0.15, 0.2) is 0 Å². The molecule has 0 fully saturated rings. The first kappa shape index (κ1) is 16.7. The monoisotopic (exact) mass is 278 g/mol. The number of nitrogens with one attached hydrogen (secondary N) is 2. The van der Waals surface area contributed by atoms with Crippen molar-refractivity contribution in [2.75, 3.05) is 33.4 Å². The van der Waals surface area contributed by atoms with Crippen LogP contribution in [-0.2, 0) is 11.2 Å². The molecule has 1 rings (SSSR count). The lowest BCUT2D eigenvalue weighted by Crippen LogP contribution is -2.26. The fourth-order valence-electron chi connectivity index (χ4n) is 1.94. The van der Waals surface area contributed by atoms with Gasteiger partial charge >= 0.3 is 0 Å². The highest BCUT2D eigenvalue weighted by molar-refractivity contribution is 5.95. The van der Waals surface area contributed by atoms with Gasteiger partial charge in [0.05, 0.1) is 0 Å². The van der Waals surface area contributed by atoms with Crippen LogP contribution in [0.1, 0.15) is 35.7 Å². The third-order valence-electron chi connectivity index (χ3n) is 3.01. The largest absolute Gasteiger partial charge is 0.381 e. The molecule has 0 aliphatic rings. The number of amides is 1. The Kier molecular flexibility index (Phi) is 8.67. The van der Waals surface area contributed by atoms with Crippen LogP contribution in [-0.4, -0.2) is 39.3 Å². The average molecular weight is 278 g/mol. The highest BCUT2D eigenvalue weighted by Crippen LogP contribution is 2.09. The Labute approximate surface area is 121 Å². The fraction of sp³-hybridized carbons (Fsp3) is 0.562. The SMILES string of the molecule is CCCOCCCNC(=O)c1ccccc1CCNC. The molecule has 0 aliphatic carbocycles. The number of carbonyl (C=O) groups excluding carboxylic acids is 1. The summed E-state index contributed by atoms with van der Waals surface area (Å²) in [5.41, 5.74) is 1.86. The molecular formula is C16H26N2O2. The summed E-state index contributed by atoms with van der Waals surface area (Å²) in [7, 11) is 1.92. The number of likely N-dealkylation sites (N-methyl/N-ethyl adjacent to an activating group) is 1. The zero-order valence-electron chi connectivity index (χ0n) is 12.6. The molecular weight excluding hydrogens is 252 g/mol. The Morgan fingerprint density at radius 2 is 2.00 bits per heavy atom. The number of carbonyl (C=O) groups is 1. The third kappa shape index (κ3) is 6.17. The molecule has 0 atom stereocenters. The van der Waals surface area contributed by atoms with E-state index in [0.717, 1.165) is 43.5 Å². The van der Waals surface area contributed by atoms with Crippen LogP contribution in [0.5, 0.6) is 0 Å². The summed E-state index contributed by atoms with van der Waals surface area (Å²) in [6.45, 7) is 5.11. The summed E-state index contributed by atoms with van der Waals surface area (Å²) in [5.74, 6) is 0.00666. The molecule has 0 aliphatic heterocycles. The number of hydrogen-bond donors (Lipinski definition) is 2. The predicted octanol–water partition coefficient (Wildman–Crippen LogP) is 2.00. The van der Waals surface area contributed by atoms with Crippen molar-refractivity contribution in [3.8, 4) is 0 Å². The van der Waals surface area contributed by atoms with E-state index in [0.29, 0.717) is 13.2 Å². The molecule has 0 radical (unpaired) electrons. The first-order valence-corrected chi connectivity index (χ1v) is 7.38. The second kappa shape index (κ2) is 10.4. The van der Waals surface area contributed by atoms with Gasteiger partial charge in [-0.2, -0.15) is 0 Å². The molecule has 112 valence electrons. The zero-order chi connectivity index (χ0) is 14.6. The van der Waals surface area contributed by atoms with Gasteiger partial charge in [0.25, 0.3) is 5.91 Å². The molecule has 1 aromatic carbocycles. The minimum absolute atomic E-state index is 0.00666. The van der Waals surface area contributed by atoms with Gasteiger partial charge in [-0.1, -0.05) is 25.1 Å².